The molecule has 2 rings (SSSR count). The highest BCUT2D eigenvalue weighted by molar-refractivity contribution is 5.99. The van der Waals surface area contributed by atoms with E-state index in [1.165, 1.54) is 6.42 Å². The molecule has 1 aromatic rings. The van der Waals surface area contributed by atoms with Gasteiger partial charge in [0.05, 0.1) is 0 Å². The molecule has 4 heteroatoms. The van der Waals surface area contributed by atoms with Gasteiger partial charge in [0.25, 0.3) is 11.8 Å². The highest BCUT2D eigenvalue weighted by Gasteiger charge is 2.19. The SMILES string of the molecule is CCCCCNC(=O)c1cccc(C(=O)N2CCCCC2)c1. The van der Waals surface area contributed by atoms with Crippen LogP contribution in [-0.2, 0) is 0 Å². The van der Waals surface area contributed by atoms with Crippen LogP contribution in [0, 0.1) is 0 Å². The molecule has 120 valence electrons. The van der Waals surface area contributed by atoms with Crippen LogP contribution >= 0.6 is 0 Å². The molecule has 1 N–H and O–H groups in total. The van der Waals surface area contributed by atoms with Crippen molar-refractivity contribution in [1.29, 1.82) is 0 Å². The van der Waals surface area contributed by atoms with E-state index in [1.54, 1.807) is 24.3 Å². The topological polar surface area (TPSA) is 49.4 Å². The van der Waals surface area contributed by atoms with Gasteiger partial charge in [0.2, 0.25) is 0 Å². The minimum atomic E-state index is -0.0932. The third-order valence-corrected chi connectivity index (χ3v) is 4.08. The highest BCUT2D eigenvalue weighted by atomic mass is 16.2. The Bertz CT molecular complexity index is 508. The van der Waals surface area contributed by atoms with Gasteiger partial charge in [-0.25, -0.2) is 0 Å². The second kappa shape index (κ2) is 8.57. The zero-order chi connectivity index (χ0) is 15.8. The summed E-state index contributed by atoms with van der Waals surface area (Å²) < 4.78 is 0. The molecule has 0 bridgehead atoms. The molecule has 2 amide bonds. The van der Waals surface area contributed by atoms with Gasteiger partial charge in [-0.2, -0.15) is 0 Å². The summed E-state index contributed by atoms with van der Waals surface area (Å²) in [6.07, 6.45) is 6.59. The van der Waals surface area contributed by atoms with Gasteiger partial charge in [-0.15, -0.1) is 0 Å². The van der Waals surface area contributed by atoms with Crippen molar-refractivity contribution >= 4 is 11.8 Å². The number of unbranched alkanes of at least 4 members (excludes halogenated alkanes) is 2. The summed E-state index contributed by atoms with van der Waals surface area (Å²) in [6, 6.07) is 7.07. The largest absolute Gasteiger partial charge is 0.352 e. The summed E-state index contributed by atoms with van der Waals surface area (Å²) in [4.78, 5) is 26.5. The zero-order valence-electron chi connectivity index (χ0n) is 13.4. The summed E-state index contributed by atoms with van der Waals surface area (Å²) in [5, 5.41) is 2.92. The van der Waals surface area contributed by atoms with E-state index in [-0.39, 0.29) is 11.8 Å². The molecule has 1 fully saturated rings. The first-order chi connectivity index (χ1) is 10.7. The number of nitrogens with one attached hydrogen (secondary N) is 1. The van der Waals surface area contributed by atoms with Crippen LogP contribution in [-0.4, -0.2) is 36.3 Å². The first-order valence-corrected chi connectivity index (χ1v) is 8.40. The van der Waals surface area contributed by atoms with Crippen molar-refractivity contribution in [2.45, 2.75) is 45.4 Å². The second-order valence-corrected chi connectivity index (χ2v) is 5.90. The molecule has 0 radical (unpaired) electrons. The van der Waals surface area contributed by atoms with Crippen LogP contribution in [0.25, 0.3) is 0 Å². The average molecular weight is 302 g/mol. The Hall–Kier alpha value is -1.84. The third-order valence-electron chi connectivity index (χ3n) is 4.08. The number of hydrogen-bond donors (Lipinski definition) is 1. The van der Waals surface area contributed by atoms with Crippen LogP contribution in [0.4, 0.5) is 0 Å². The molecular formula is C18H26N2O2. The van der Waals surface area contributed by atoms with E-state index in [2.05, 4.69) is 12.2 Å². The number of hydrogen-bond acceptors (Lipinski definition) is 2. The lowest BCUT2D eigenvalue weighted by Crippen LogP contribution is -2.35. The van der Waals surface area contributed by atoms with Crippen LogP contribution in [0.3, 0.4) is 0 Å². The number of rotatable bonds is 6. The predicted molar refractivity (Wildman–Crippen MR) is 88.1 cm³/mol. The van der Waals surface area contributed by atoms with Crippen molar-refractivity contribution in [3.05, 3.63) is 35.4 Å². The van der Waals surface area contributed by atoms with E-state index < -0.39 is 0 Å². The smallest absolute Gasteiger partial charge is 0.253 e. The number of carbonyl (C=O) groups excluding carboxylic acids is 2. The predicted octanol–water partition coefficient (Wildman–Crippen LogP) is 3.23. The molecule has 0 unspecified atom stereocenters. The fraction of sp³-hybridized carbons (Fsp3) is 0.556. The van der Waals surface area contributed by atoms with Gasteiger partial charge < -0.3 is 10.2 Å². The second-order valence-electron chi connectivity index (χ2n) is 5.90. The minimum absolute atomic E-state index is 0.0420. The molecule has 22 heavy (non-hydrogen) atoms. The Morgan fingerprint density at radius 3 is 2.55 bits per heavy atom. The summed E-state index contributed by atoms with van der Waals surface area (Å²) in [7, 11) is 0. The first-order valence-electron chi connectivity index (χ1n) is 8.40. The van der Waals surface area contributed by atoms with E-state index in [9.17, 15) is 9.59 Å². The number of likely N-dealkylation sites (tertiary alicyclic amines) is 1. The third kappa shape index (κ3) is 4.58. The van der Waals surface area contributed by atoms with Gasteiger partial charge >= 0.3 is 0 Å². The Morgan fingerprint density at radius 1 is 1.09 bits per heavy atom. The van der Waals surface area contributed by atoms with Gasteiger partial charge in [0, 0.05) is 30.8 Å². The normalized spacial score (nSPS) is 14.7. The number of piperidine rings is 1. The average Bonchev–Trinajstić information content (AvgIpc) is 2.59. The number of nitrogens with zero attached hydrogens (tertiary/aromatic N) is 1. The molecule has 0 saturated carbocycles. The van der Waals surface area contributed by atoms with Crippen molar-refractivity contribution in [1.82, 2.24) is 10.2 Å². The zero-order valence-corrected chi connectivity index (χ0v) is 13.4. The lowest BCUT2D eigenvalue weighted by atomic mass is 10.1. The Morgan fingerprint density at radius 2 is 1.82 bits per heavy atom. The molecule has 1 heterocycles. The molecule has 1 aromatic carbocycles. The molecule has 1 aliphatic heterocycles. The van der Waals surface area contributed by atoms with Crippen LogP contribution < -0.4 is 5.32 Å². The van der Waals surface area contributed by atoms with Gasteiger partial charge in [-0.3, -0.25) is 9.59 Å². The molecular weight excluding hydrogens is 276 g/mol. The molecule has 0 aliphatic carbocycles. The van der Waals surface area contributed by atoms with Crippen molar-refractivity contribution in [2.24, 2.45) is 0 Å². The van der Waals surface area contributed by atoms with Gasteiger partial charge in [-0.1, -0.05) is 25.8 Å². The van der Waals surface area contributed by atoms with Crippen molar-refractivity contribution in [2.75, 3.05) is 19.6 Å². The summed E-state index contributed by atoms with van der Waals surface area (Å²) in [6.45, 7) is 4.48. The fourth-order valence-corrected chi connectivity index (χ4v) is 2.75. The molecule has 0 atom stereocenters. The monoisotopic (exact) mass is 302 g/mol. The van der Waals surface area contributed by atoms with Crippen molar-refractivity contribution < 1.29 is 9.59 Å². The Labute approximate surface area is 132 Å². The maximum absolute atomic E-state index is 12.5. The van der Waals surface area contributed by atoms with E-state index >= 15 is 0 Å². The molecule has 4 nitrogen and oxygen atoms in total. The summed E-state index contributed by atoms with van der Waals surface area (Å²) >= 11 is 0. The quantitative estimate of drug-likeness (QED) is 0.820. The summed E-state index contributed by atoms with van der Waals surface area (Å²) in [5.41, 5.74) is 1.18. The molecule has 0 aromatic heterocycles. The van der Waals surface area contributed by atoms with Gasteiger partial charge in [-0.05, 0) is 43.9 Å². The number of amides is 2. The minimum Gasteiger partial charge on any atom is -0.352 e. The standard InChI is InChI=1S/C18H26N2O2/c1-2-3-5-11-19-17(21)15-9-8-10-16(14-15)18(22)20-12-6-4-7-13-20/h8-10,14H,2-7,11-13H2,1H3,(H,19,21). The lowest BCUT2D eigenvalue weighted by molar-refractivity contribution is 0.0724. The van der Waals surface area contributed by atoms with Crippen molar-refractivity contribution in [3.8, 4) is 0 Å². The fourth-order valence-electron chi connectivity index (χ4n) is 2.75. The summed E-state index contributed by atoms with van der Waals surface area (Å²) in [5.74, 6) is -0.0512. The first kappa shape index (κ1) is 16.5. The Kier molecular flexibility index (Phi) is 6.44. The van der Waals surface area contributed by atoms with E-state index in [0.29, 0.717) is 17.7 Å². The van der Waals surface area contributed by atoms with Gasteiger partial charge in [0.15, 0.2) is 0 Å². The van der Waals surface area contributed by atoms with Crippen LogP contribution in [0.1, 0.15) is 66.2 Å². The number of carbonyl (C=O) groups is 2. The van der Waals surface area contributed by atoms with E-state index in [1.807, 2.05) is 4.90 Å². The molecule has 1 saturated heterocycles. The molecule has 0 spiro atoms. The maximum Gasteiger partial charge on any atom is 0.253 e. The van der Waals surface area contributed by atoms with Gasteiger partial charge in [0.1, 0.15) is 0 Å². The van der Waals surface area contributed by atoms with Crippen LogP contribution in [0.15, 0.2) is 24.3 Å². The van der Waals surface area contributed by atoms with Crippen LogP contribution in [0.2, 0.25) is 0 Å². The van der Waals surface area contributed by atoms with Crippen molar-refractivity contribution in [3.63, 3.8) is 0 Å². The lowest BCUT2D eigenvalue weighted by Gasteiger charge is -2.26. The van der Waals surface area contributed by atoms with Crippen LogP contribution in [0.5, 0.6) is 0 Å². The Balaban J connectivity index is 1.96. The van der Waals surface area contributed by atoms with E-state index in [4.69, 9.17) is 0 Å². The van der Waals surface area contributed by atoms with E-state index in [0.717, 1.165) is 45.2 Å². The maximum atomic E-state index is 12.5. The number of benzene rings is 1. The highest BCUT2D eigenvalue weighted by Crippen LogP contribution is 2.14. The molecule has 1 aliphatic rings.